The van der Waals surface area contributed by atoms with Crippen molar-refractivity contribution in [3.05, 3.63) is 86.0 Å². The predicted octanol–water partition coefficient (Wildman–Crippen LogP) is 4.71. The number of rotatable bonds is 1. The number of amides is 1. The average Bonchev–Trinajstić information content (AvgIpc) is 3.16. The van der Waals surface area contributed by atoms with Crippen molar-refractivity contribution in [2.75, 3.05) is 0 Å². The molecule has 0 saturated heterocycles. The molecule has 5 rings (SSSR count). The quantitative estimate of drug-likeness (QED) is 0.792. The van der Waals surface area contributed by atoms with E-state index < -0.39 is 5.41 Å². The van der Waals surface area contributed by atoms with E-state index in [9.17, 15) is 4.79 Å². The van der Waals surface area contributed by atoms with Crippen LogP contribution in [0.15, 0.2) is 53.6 Å². The van der Waals surface area contributed by atoms with Gasteiger partial charge in [0, 0.05) is 22.5 Å². The van der Waals surface area contributed by atoms with Gasteiger partial charge in [0.05, 0.1) is 10.4 Å². The molecular weight excluding hydrogens is 352 g/mol. The van der Waals surface area contributed by atoms with Gasteiger partial charge in [-0.3, -0.25) is 4.79 Å². The van der Waals surface area contributed by atoms with E-state index in [-0.39, 0.29) is 5.91 Å². The van der Waals surface area contributed by atoms with E-state index in [1.807, 2.05) is 24.3 Å². The van der Waals surface area contributed by atoms with E-state index in [0.29, 0.717) is 12.1 Å². The first-order chi connectivity index (χ1) is 11.9. The van der Waals surface area contributed by atoms with Crippen LogP contribution in [0.3, 0.4) is 0 Å². The maximum Gasteiger partial charge on any atom is 0.274 e. The highest BCUT2D eigenvalue weighted by atomic mass is 35.5. The second-order valence-electron chi connectivity index (χ2n) is 6.54. The molecule has 1 aliphatic carbocycles. The number of aryl methyl sites for hydroxylation is 1. The summed E-state index contributed by atoms with van der Waals surface area (Å²) < 4.78 is 0. The Morgan fingerprint density at radius 2 is 2.20 bits per heavy atom. The molecule has 1 aromatic heterocycles. The van der Waals surface area contributed by atoms with Gasteiger partial charge in [-0.1, -0.05) is 36.4 Å². The van der Waals surface area contributed by atoms with Gasteiger partial charge in [-0.2, -0.15) is 0 Å². The lowest BCUT2D eigenvalue weighted by atomic mass is 9.74. The number of nitrogens with zero attached hydrogens (tertiary/aromatic N) is 1. The second kappa shape index (κ2) is 5.68. The molecule has 0 fully saturated rings. The van der Waals surface area contributed by atoms with Crippen LogP contribution in [0.4, 0.5) is 0 Å². The summed E-state index contributed by atoms with van der Waals surface area (Å²) in [5.74, 6) is -0.184. The van der Waals surface area contributed by atoms with Gasteiger partial charge in [0.2, 0.25) is 0 Å². The minimum atomic E-state index is -0.498. The maximum atomic E-state index is 12.6. The van der Waals surface area contributed by atoms with Gasteiger partial charge >= 0.3 is 0 Å². The van der Waals surface area contributed by atoms with Crippen LogP contribution < -0.4 is 5.32 Å². The summed E-state index contributed by atoms with van der Waals surface area (Å²) in [6.07, 6.45) is 6.39. The van der Waals surface area contributed by atoms with Gasteiger partial charge in [0.25, 0.3) is 5.91 Å². The number of allylic oxidation sites excluding steroid dienone is 4. The molecule has 4 bridgehead atoms. The smallest absolute Gasteiger partial charge is 0.274 e. The summed E-state index contributed by atoms with van der Waals surface area (Å²) in [6.45, 7) is 8.10. The number of halogens is 1. The Hall–Kier alpha value is -2.17. The summed E-state index contributed by atoms with van der Waals surface area (Å²) in [5, 5.41) is 6.46. The van der Waals surface area contributed by atoms with Gasteiger partial charge < -0.3 is 5.32 Å². The molecule has 1 unspecified atom stereocenters. The molecule has 1 amide bonds. The SMILES string of the molecule is C=CC1=CC=C2NC(=O)c3csc(n3)Cc3c(C)cc(cc3Cl)C12C. The third kappa shape index (κ3) is 2.40. The number of benzene rings is 1. The lowest BCUT2D eigenvalue weighted by molar-refractivity contribution is 0.0957. The number of thiazole rings is 1. The molecular formula is C20H17ClN2OS. The summed E-state index contributed by atoms with van der Waals surface area (Å²) in [7, 11) is 0. The normalized spacial score (nSPS) is 21.6. The minimum absolute atomic E-state index is 0.184. The van der Waals surface area contributed by atoms with Crippen LogP contribution in [0.2, 0.25) is 5.02 Å². The van der Waals surface area contributed by atoms with Gasteiger partial charge in [0.1, 0.15) is 5.69 Å². The van der Waals surface area contributed by atoms with E-state index in [1.165, 1.54) is 11.3 Å². The Bertz CT molecular complexity index is 962. The minimum Gasteiger partial charge on any atom is -0.323 e. The fourth-order valence-electron chi connectivity index (χ4n) is 3.54. The molecule has 2 aliphatic heterocycles. The molecule has 1 N–H and O–H groups in total. The molecule has 1 atom stereocenters. The lowest BCUT2D eigenvalue weighted by Gasteiger charge is -2.32. The monoisotopic (exact) mass is 368 g/mol. The van der Waals surface area contributed by atoms with Crippen molar-refractivity contribution in [1.82, 2.24) is 10.3 Å². The van der Waals surface area contributed by atoms with Crippen LogP contribution in [0, 0.1) is 6.92 Å². The van der Waals surface area contributed by atoms with Crippen molar-refractivity contribution in [2.45, 2.75) is 25.7 Å². The zero-order valence-corrected chi connectivity index (χ0v) is 15.6. The Morgan fingerprint density at radius 3 is 2.92 bits per heavy atom. The first-order valence-corrected chi connectivity index (χ1v) is 9.30. The highest BCUT2D eigenvalue weighted by molar-refractivity contribution is 7.09. The van der Waals surface area contributed by atoms with Crippen molar-refractivity contribution >= 4 is 28.8 Å². The molecule has 3 aliphatic rings. The third-order valence-corrected chi connectivity index (χ3v) is 6.31. The van der Waals surface area contributed by atoms with Crippen molar-refractivity contribution in [3.8, 4) is 0 Å². The van der Waals surface area contributed by atoms with Crippen LogP contribution in [-0.4, -0.2) is 10.9 Å². The van der Waals surface area contributed by atoms with E-state index in [1.54, 1.807) is 5.38 Å². The molecule has 3 heterocycles. The largest absolute Gasteiger partial charge is 0.323 e. The summed E-state index contributed by atoms with van der Waals surface area (Å²) in [5.41, 5.74) is 5.02. The Balaban J connectivity index is 1.99. The molecule has 25 heavy (non-hydrogen) atoms. The van der Waals surface area contributed by atoms with Crippen molar-refractivity contribution in [1.29, 1.82) is 0 Å². The van der Waals surface area contributed by atoms with Crippen molar-refractivity contribution in [3.63, 3.8) is 0 Å². The number of carbonyl (C=O) groups is 1. The maximum absolute atomic E-state index is 12.6. The topological polar surface area (TPSA) is 42.0 Å². The summed E-state index contributed by atoms with van der Waals surface area (Å²) >= 11 is 8.12. The predicted molar refractivity (Wildman–Crippen MR) is 102 cm³/mol. The van der Waals surface area contributed by atoms with Gasteiger partial charge in [-0.25, -0.2) is 4.98 Å². The summed E-state index contributed by atoms with van der Waals surface area (Å²) in [4.78, 5) is 17.1. The van der Waals surface area contributed by atoms with E-state index in [0.717, 1.165) is 38.0 Å². The van der Waals surface area contributed by atoms with Crippen molar-refractivity contribution < 1.29 is 4.79 Å². The van der Waals surface area contributed by atoms with Crippen LogP contribution in [0.5, 0.6) is 0 Å². The molecule has 5 heteroatoms. The molecule has 0 saturated carbocycles. The Labute approximate surface area is 155 Å². The van der Waals surface area contributed by atoms with E-state index in [2.05, 4.69) is 36.8 Å². The summed E-state index contributed by atoms with van der Waals surface area (Å²) in [6, 6.07) is 4.16. The molecule has 1 aromatic carbocycles. The Morgan fingerprint density at radius 1 is 1.40 bits per heavy atom. The van der Waals surface area contributed by atoms with Crippen LogP contribution >= 0.6 is 22.9 Å². The highest BCUT2D eigenvalue weighted by Gasteiger charge is 2.39. The van der Waals surface area contributed by atoms with Gasteiger partial charge in [0.15, 0.2) is 0 Å². The van der Waals surface area contributed by atoms with Gasteiger partial charge in [-0.15, -0.1) is 11.3 Å². The fraction of sp³-hybridized carbons (Fsp3) is 0.200. The molecule has 126 valence electrons. The number of carbonyl (C=O) groups excluding carboxylic acids is 1. The highest BCUT2D eigenvalue weighted by Crippen LogP contribution is 2.44. The number of aromatic nitrogens is 1. The first kappa shape index (κ1) is 16.3. The standard InChI is InChI=1S/C20H17ClN2OS/c1-4-12-5-6-17-20(12,3)13-7-11(2)14(15(21)8-13)9-18-22-16(10-25-18)19(24)23-17/h4-8,10H,1,9H2,2-3H3,(H,23,24). The van der Waals surface area contributed by atoms with Crippen LogP contribution in [0.1, 0.15) is 39.1 Å². The number of hydrogen-bond acceptors (Lipinski definition) is 3. The first-order valence-electron chi connectivity index (χ1n) is 8.04. The number of hydrogen-bond donors (Lipinski definition) is 1. The number of fused-ring (bicyclic) bond motifs is 3. The number of nitrogens with one attached hydrogen (secondary N) is 1. The van der Waals surface area contributed by atoms with Crippen molar-refractivity contribution in [2.24, 2.45) is 0 Å². The molecule has 2 aromatic rings. The third-order valence-electron chi connectivity index (χ3n) is 5.12. The lowest BCUT2D eigenvalue weighted by Crippen LogP contribution is -2.36. The van der Waals surface area contributed by atoms with Gasteiger partial charge in [-0.05, 0) is 48.3 Å². The fourth-order valence-corrected chi connectivity index (χ4v) is 4.66. The average molecular weight is 369 g/mol. The zero-order chi connectivity index (χ0) is 17.8. The van der Waals surface area contributed by atoms with Crippen LogP contribution in [0.25, 0.3) is 0 Å². The second-order valence-corrected chi connectivity index (χ2v) is 7.89. The van der Waals surface area contributed by atoms with E-state index >= 15 is 0 Å². The van der Waals surface area contributed by atoms with Crippen LogP contribution in [-0.2, 0) is 11.8 Å². The molecule has 0 radical (unpaired) electrons. The van der Waals surface area contributed by atoms with E-state index in [4.69, 9.17) is 11.6 Å². The molecule has 3 nitrogen and oxygen atoms in total. The zero-order valence-electron chi connectivity index (χ0n) is 14.0. The molecule has 0 spiro atoms. The Kier molecular flexibility index (Phi) is 3.71.